The fourth-order valence-electron chi connectivity index (χ4n) is 3.51. The number of hydrogen-bond donors (Lipinski definition) is 0. The maximum atomic E-state index is 13.4. The van der Waals surface area contributed by atoms with Gasteiger partial charge in [0, 0.05) is 18.3 Å². The van der Waals surface area contributed by atoms with Gasteiger partial charge in [-0.15, -0.1) is 0 Å². The van der Waals surface area contributed by atoms with Gasteiger partial charge in [-0.3, -0.25) is 14.4 Å². The number of benzene rings is 2. The van der Waals surface area contributed by atoms with Crippen molar-refractivity contribution in [3.05, 3.63) is 77.1 Å². The molecule has 0 N–H and O–H groups in total. The van der Waals surface area contributed by atoms with Gasteiger partial charge in [-0.2, -0.15) is 5.10 Å². The number of anilines is 1. The minimum Gasteiger partial charge on any atom is -0.497 e. The minimum atomic E-state index is -3.84. The number of ether oxygens (including phenoxy) is 1. The van der Waals surface area contributed by atoms with Crippen molar-refractivity contribution >= 4 is 27.0 Å². The molecule has 0 atom stereocenters. The number of aromatic nitrogens is 3. The molecule has 0 radical (unpaired) electrons. The molecule has 2 aromatic carbocycles. The first-order valence-electron chi connectivity index (χ1n) is 10.1. The molecule has 0 saturated heterocycles. The summed E-state index contributed by atoms with van der Waals surface area (Å²) in [6.45, 7) is 2.17. The number of fused-ring (bicyclic) bond motifs is 1. The summed E-state index contributed by atoms with van der Waals surface area (Å²) in [5.74, 6) is 0.563. The smallest absolute Gasteiger partial charge is 0.333 e. The fourth-order valence-corrected chi connectivity index (χ4v) is 5.06. The molecule has 2 heterocycles. The lowest BCUT2D eigenvalue weighted by Crippen LogP contribution is -2.31. The van der Waals surface area contributed by atoms with Gasteiger partial charge in [-0.05, 0) is 48.9 Å². The highest BCUT2D eigenvalue weighted by Crippen LogP contribution is 2.30. The van der Waals surface area contributed by atoms with Crippen LogP contribution in [0.5, 0.6) is 5.75 Å². The summed E-state index contributed by atoms with van der Waals surface area (Å²) < 4.78 is 34.7. The van der Waals surface area contributed by atoms with Crippen LogP contribution in [0.4, 0.5) is 11.4 Å². The Labute approximate surface area is 190 Å². The predicted octanol–water partition coefficient (Wildman–Crippen LogP) is 3.92. The van der Waals surface area contributed by atoms with Crippen LogP contribution in [0.15, 0.2) is 71.9 Å². The molecule has 0 aliphatic carbocycles. The third kappa shape index (κ3) is 4.10. The van der Waals surface area contributed by atoms with Crippen molar-refractivity contribution in [3.63, 3.8) is 0 Å². The predicted molar refractivity (Wildman–Crippen MR) is 123 cm³/mol. The molecular formula is C22H21N5O5S. The van der Waals surface area contributed by atoms with Gasteiger partial charge in [0.2, 0.25) is 5.65 Å². The molecule has 170 valence electrons. The zero-order valence-corrected chi connectivity index (χ0v) is 18.8. The van der Waals surface area contributed by atoms with Crippen molar-refractivity contribution in [3.8, 4) is 17.0 Å². The molecule has 0 bridgehead atoms. The molecule has 4 rings (SSSR count). The Morgan fingerprint density at radius 3 is 2.58 bits per heavy atom. The van der Waals surface area contributed by atoms with Crippen molar-refractivity contribution in [2.24, 2.45) is 0 Å². The lowest BCUT2D eigenvalue weighted by Gasteiger charge is -2.24. The van der Waals surface area contributed by atoms with Crippen LogP contribution in [-0.4, -0.2) is 41.6 Å². The van der Waals surface area contributed by atoms with E-state index in [2.05, 4.69) is 10.1 Å². The molecule has 4 aromatic rings. The first-order valence-corrected chi connectivity index (χ1v) is 11.5. The monoisotopic (exact) mass is 467 g/mol. The normalized spacial score (nSPS) is 11.5. The average molecular weight is 468 g/mol. The third-order valence-corrected chi connectivity index (χ3v) is 6.92. The van der Waals surface area contributed by atoms with E-state index in [-0.39, 0.29) is 22.8 Å². The molecule has 0 spiro atoms. The van der Waals surface area contributed by atoms with Crippen molar-refractivity contribution in [2.75, 3.05) is 18.0 Å². The van der Waals surface area contributed by atoms with Gasteiger partial charge < -0.3 is 4.74 Å². The van der Waals surface area contributed by atoms with Crippen molar-refractivity contribution in [1.82, 2.24) is 14.6 Å². The Kier molecular flexibility index (Phi) is 5.97. The molecule has 11 heteroatoms. The summed E-state index contributed by atoms with van der Waals surface area (Å²) in [7, 11) is -2.32. The number of hydrogen-bond acceptors (Lipinski definition) is 7. The molecule has 0 unspecified atom stereocenters. The van der Waals surface area contributed by atoms with Gasteiger partial charge in [0.15, 0.2) is 0 Å². The van der Waals surface area contributed by atoms with Gasteiger partial charge >= 0.3 is 5.69 Å². The maximum absolute atomic E-state index is 13.4. The van der Waals surface area contributed by atoms with Gasteiger partial charge in [0.05, 0.1) is 28.3 Å². The largest absolute Gasteiger partial charge is 0.497 e. The van der Waals surface area contributed by atoms with Crippen LogP contribution in [0.1, 0.15) is 13.3 Å². The first-order chi connectivity index (χ1) is 15.9. The van der Waals surface area contributed by atoms with Crippen molar-refractivity contribution < 1.29 is 18.1 Å². The van der Waals surface area contributed by atoms with E-state index in [4.69, 9.17) is 4.74 Å². The van der Waals surface area contributed by atoms with E-state index >= 15 is 0 Å². The minimum absolute atomic E-state index is 0.110. The fraction of sp³-hybridized carbons (Fsp3) is 0.182. The Bertz CT molecular complexity index is 1420. The molecule has 0 fully saturated rings. The van der Waals surface area contributed by atoms with E-state index in [1.165, 1.54) is 34.3 Å². The average Bonchev–Trinajstić information content (AvgIpc) is 3.27. The number of nitrogens with zero attached hydrogens (tertiary/aromatic N) is 5. The van der Waals surface area contributed by atoms with E-state index in [0.717, 1.165) is 6.20 Å². The molecule has 2 aromatic heterocycles. The Balaban J connectivity index is 1.79. The van der Waals surface area contributed by atoms with Crippen molar-refractivity contribution in [2.45, 2.75) is 18.2 Å². The second kappa shape index (κ2) is 8.87. The first kappa shape index (κ1) is 22.2. The zero-order chi connectivity index (χ0) is 23.6. The summed E-state index contributed by atoms with van der Waals surface area (Å²) in [6.07, 6.45) is 3.21. The molecule has 0 saturated carbocycles. The summed E-state index contributed by atoms with van der Waals surface area (Å²) in [5.41, 5.74) is 1.57. The highest BCUT2D eigenvalue weighted by molar-refractivity contribution is 7.92. The standard InChI is InChI=1S/C22H21N5O5S/c1-3-13-25(33(30,31)19-9-7-18(32-2)8-10-19)17-6-4-5-16(14-17)20-11-12-23-22-21(27(28)29)15-24-26(20)22/h4-12,14-15H,3,13H2,1-2H3. The zero-order valence-electron chi connectivity index (χ0n) is 18.0. The second-order valence-electron chi connectivity index (χ2n) is 7.16. The number of rotatable bonds is 8. The summed E-state index contributed by atoms with van der Waals surface area (Å²) >= 11 is 0. The van der Waals surface area contributed by atoms with Gasteiger partial charge in [0.1, 0.15) is 11.9 Å². The van der Waals surface area contributed by atoms with E-state index in [1.54, 1.807) is 42.5 Å². The van der Waals surface area contributed by atoms with E-state index in [9.17, 15) is 18.5 Å². The van der Waals surface area contributed by atoms with Crippen LogP contribution in [-0.2, 0) is 10.0 Å². The number of methoxy groups -OCH3 is 1. The van der Waals surface area contributed by atoms with Crippen LogP contribution in [0.2, 0.25) is 0 Å². The van der Waals surface area contributed by atoms with E-state index in [0.29, 0.717) is 29.1 Å². The maximum Gasteiger partial charge on any atom is 0.333 e. The van der Waals surface area contributed by atoms with Gasteiger partial charge in [0.25, 0.3) is 10.0 Å². The Morgan fingerprint density at radius 2 is 1.91 bits per heavy atom. The van der Waals surface area contributed by atoms with Gasteiger partial charge in [-0.25, -0.2) is 17.9 Å². The number of nitro groups is 1. The third-order valence-electron chi connectivity index (χ3n) is 5.08. The highest BCUT2D eigenvalue weighted by Gasteiger charge is 2.25. The van der Waals surface area contributed by atoms with E-state index in [1.807, 2.05) is 6.92 Å². The van der Waals surface area contributed by atoms with Crippen LogP contribution in [0.3, 0.4) is 0 Å². The summed E-state index contributed by atoms with van der Waals surface area (Å²) in [4.78, 5) is 14.9. The Morgan fingerprint density at radius 1 is 1.15 bits per heavy atom. The van der Waals surface area contributed by atoms with Crippen LogP contribution in [0, 0.1) is 10.1 Å². The highest BCUT2D eigenvalue weighted by atomic mass is 32.2. The van der Waals surface area contributed by atoms with Crippen molar-refractivity contribution in [1.29, 1.82) is 0 Å². The Hall–Kier alpha value is -3.99. The van der Waals surface area contributed by atoms with Gasteiger partial charge in [-0.1, -0.05) is 19.1 Å². The quantitative estimate of drug-likeness (QED) is 0.284. The molecular weight excluding hydrogens is 446 g/mol. The van der Waals surface area contributed by atoms with Crippen LogP contribution < -0.4 is 9.04 Å². The topological polar surface area (TPSA) is 120 Å². The molecule has 33 heavy (non-hydrogen) atoms. The lowest BCUT2D eigenvalue weighted by atomic mass is 10.1. The molecule has 0 amide bonds. The SMILES string of the molecule is CCCN(c1cccc(-c2ccnc3c([N+](=O)[O-])cnn23)c1)S(=O)(=O)c1ccc(OC)cc1. The second-order valence-corrected chi connectivity index (χ2v) is 9.02. The molecule has 0 aliphatic rings. The van der Waals surface area contributed by atoms with E-state index < -0.39 is 14.9 Å². The number of sulfonamides is 1. The lowest BCUT2D eigenvalue weighted by molar-refractivity contribution is -0.383. The molecule has 0 aliphatic heterocycles. The van der Waals surface area contributed by atoms with Crippen LogP contribution >= 0.6 is 0 Å². The summed E-state index contributed by atoms with van der Waals surface area (Å²) in [6, 6.07) is 14.9. The summed E-state index contributed by atoms with van der Waals surface area (Å²) in [5, 5.41) is 15.4. The van der Waals surface area contributed by atoms with Crippen LogP contribution in [0.25, 0.3) is 16.9 Å². The molecule has 10 nitrogen and oxygen atoms in total.